The van der Waals surface area contributed by atoms with Crippen LogP contribution >= 0.6 is 0 Å². The Balaban J connectivity index is 2.11. The quantitative estimate of drug-likeness (QED) is 0.746. The maximum atomic E-state index is 12.6. The van der Waals surface area contributed by atoms with Gasteiger partial charge in [0.1, 0.15) is 0 Å². The molecule has 0 aromatic heterocycles. The van der Waals surface area contributed by atoms with Crippen molar-refractivity contribution >= 4 is 15.9 Å². The van der Waals surface area contributed by atoms with E-state index in [9.17, 15) is 13.2 Å². The van der Waals surface area contributed by atoms with Crippen LogP contribution in [0.1, 0.15) is 37.0 Å². The standard InChI is InChI=1S/C16H25N3O3S/c1-4-19(5-2)12-16(10-11-16)18-23(21,22)14-8-6-13(7-9-14)15(20)17-3/h6-9,18H,4-5,10-12H2,1-3H3,(H,17,20). The Morgan fingerprint density at radius 2 is 1.74 bits per heavy atom. The number of amides is 1. The van der Waals surface area contributed by atoms with Crippen LogP contribution in [0.25, 0.3) is 0 Å². The topological polar surface area (TPSA) is 78.5 Å². The molecule has 2 rings (SSSR count). The average molecular weight is 339 g/mol. The monoisotopic (exact) mass is 339 g/mol. The molecule has 0 aliphatic heterocycles. The van der Waals surface area contributed by atoms with Crippen LogP contribution < -0.4 is 10.0 Å². The zero-order chi connectivity index (χ0) is 17.1. The number of hydrogen-bond donors (Lipinski definition) is 2. The molecule has 7 heteroatoms. The lowest BCUT2D eigenvalue weighted by Crippen LogP contribution is -2.45. The molecule has 2 N–H and O–H groups in total. The molecule has 0 heterocycles. The Hall–Kier alpha value is -1.44. The lowest BCUT2D eigenvalue weighted by Gasteiger charge is -2.25. The molecule has 0 radical (unpaired) electrons. The average Bonchev–Trinajstić information content (AvgIpc) is 3.30. The molecule has 6 nitrogen and oxygen atoms in total. The molecule has 0 spiro atoms. The predicted molar refractivity (Wildman–Crippen MR) is 89.9 cm³/mol. The lowest BCUT2D eigenvalue weighted by molar-refractivity contribution is 0.0963. The fourth-order valence-corrected chi connectivity index (χ4v) is 4.04. The Morgan fingerprint density at radius 1 is 1.17 bits per heavy atom. The number of carbonyl (C=O) groups is 1. The highest BCUT2D eigenvalue weighted by Crippen LogP contribution is 2.37. The number of hydrogen-bond acceptors (Lipinski definition) is 4. The van der Waals surface area contributed by atoms with Crippen molar-refractivity contribution in [3.05, 3.63) is 29.8 Å². The molecule has 1 amide bonds. The number of sulfonamides is 1. The third kappa shape index (κ3) is 4.31. The van der Waals surface area contributed by atoms with E-state index in [0.717, 1.165) is 32.5 Å². The summed E-state index contributed by atoms with van der Waals surface area (Å²) in [7, 11) is -2.03. The van der Waals surface area contributed by atoms with Gasteiger partial charge in [-0.25, -0.2) is 13.1 Å². The molecule has 1 saturated carbocycles. The second kappa shape index (κ2) is 6.98. The van der Waals surface area contributed by atoms with Gasteiger partial charge >= 0.3 is 0 Å². The normalized spacial score (nSPS) is 16.3. The minimum absolute atomic E-state index is 0.191. The molecule has 1 aliphatic rings. The smallest absolute Gasteiger partial charge is 0.251 e. The predicted octanol–water partition coefficient (Wildman–Crippen LogP) is 1.20. The van der Waals surface area contributed by atoms with Crippen LogP contribution in [-0.4, -0.2) is 51.4 Å². The summed E-state index contributed by atoms with van der Waals surface area (Å²) >= 11 is 0. The lowest BCUT2D eigenvalue weighted by atomic mass is 10.2. The molecular formula is C16H25N3O3S. The minimum Gasteiger partial charge on any atom is -0.355 e. The summed E-state index contributed by atoms with van der Waals surface area (Å²) in [5, 5.41) is 2.51. The zero-order valence-corrected chi connectivity index (χ0v) is 14.7. The van der Waals surface area contributed by atoms with Crippen LogP contribution in [-0.2, 0) is 10.0 Å². The van der Waals surface area contributed by atoms with E-state index in [1.54, 1.807) is 7.05 Å². The van der Waals surface area contributed by atoms with Crippen LogP contribution in [0.3, 0.4) is 0 Å². The van der Waals surface area contributed by atoms with Gasteiger partial charge in [0.05, 0.1) is 4.90 Å². The molecule has 0 unspecified atom stereocenters. The summed E-state index contributed by atoms with van der Waals surface area (Å²) in [5.74, 6) is -0.234. The third-order valence-corrected chi connectivity index (χ3v) is 5.87. The number of nitrogens with one attached hydrogen (secondary N) is 2. The molecule has 1 aliphatic carbocycles. The second-order valence-electron chi connectivity index (χ2n) is 5.95. The number of benzene rings is 1. The van der Waals surface area contributed by atoms with Crippen molar-refractivity contribution in [2.24, 2.45) is 0 Å². The van der Waals surface area contributed by atoms with E-state index in [1.807, 2.05) is 0 Å². The Kier molecular flexibility index (Phi) is 5.44. The molecule has 1 aromatic rings. The molecule has 1 fully saturated rings. The van der Waals surface area contributed by atoms with Crippen LogP contribution in [0.2, 0.25) is 0 Å². The van der Waals surface area contributed by atoms with Gasteiger partial charge in [0.15, 0.2) is 0 Å². The summed E-state index contributed by atoms with van der Waals surface area (Å²) in [6, 6.07) is 6.00. The maximum absolute atomic E-state index is 12.6. The molecule has 1 aromatic carbocycles. The van der Waals surface area contributed by atoms with Gasteiger partial charge in [-0.2, -0.15) is 0 Å². The first-order valence-electron chi connectivity index (χ1n) is 7.94. The largest absolute Gasteiger partial charge is 0.355 e. The first-order valence-corrected chi connectivity index (χ1v) is 9.42. The summed E-state index contributed by atoms with van der Waals surface area (Å²) in [6.45, 7) is 6.69. The second-order valence-corrected chi connectivity index (χ2v) is 7.63. The highest BCUT2D eigenvalue weighted by Gasteiger charge is 2.46. The summed E-state index contributed by atoms with van der Waals surface area (Å²) in [5.41, 5.74) is 0.0975. The Labute approximate surface area is 138 Å². The minimum atomic E-state index is -3.58. The molecule has 23 heavy (non-hydrogen) atoms. The van der Waals surface area contributed by atoms with Gasteiger partial charge in [0.2, 0.25) is 10.0 Å². The number of carbonyl (C=O) groups excluding carboxylic acids is 1. The fraction of sp³-hybridized carbons (Fsp3) is 0.562. The van der Waals surface area contributed by atoms with Gasteiger partial charge < -0.3 is 10.2 Å². The van der Waals surface area contributed by atoms with Crippen molar-refractivity contribution in [2.75, 3.05) is 26.7 Å². The van der Waals surface area contributed by atoms with Gasteiger partial charge in [0, 0.05) is 24.7 Å². The molecule has 128 valence electrons. The van der Waals surface area contributed by atoms with E-state index < -0.39 is 10.0 Å². The van der Waals surface area contributed by atoms with E-state index >= 15 is 0 Å². The highest BCUT2D eigenvalue weighted by atomic mass is 32.2. The van der Waals surface area contributed by atoms with Crippen LogP contribution in [0.15, 0.2) is 29.2 Å². The van der Waals surface area contributed by atoms with E-state index in [4.69, 9.17) is 0 Å². The van der Waals surface area contributed by atoms with Crippen molar-refractivity contribution < 1.29 is 13.2 Å². The van der Waals surface area contributed by atoms with Gasteiger partial charge in [-0.15, -0.1) is 0 Å². The van der Waals surface area contributed by atoms with Crippen LogP contribution in [0, 0.1) is 0 Å². The van der Waals surface area contributed by atoms with Crippen molar-refractivity contribution in [1.82, 2.24) is 14.9 Å². The first kappa shape index (κ1) is 17.9. The van der Waals surface area contributed by atoms with E-state index in [2.05, 4.69) is 28.8 Å². The molecule has 0 atom stereocenters. The van der Waals surface area contributed by atoms with Gasteiger partial charge in [-0.3, -0.25) is 4.79 Å². The molecule has 0 saturated heterocycles. The number of rotatable bonds is 8. The van der Waals surface area contributed by atoms with Crippen molar-refractivity contribution in [2.45, 2.75) is 37.1 Å². The summed E-state index contributed by atoms with van der Waals surface area (Å²) in [6.07, 6.45) is 1.72. The van der Waals surface area contributed by atoms with Crippen molar-refractivity contribution in [3.63, 3.8) is 0 Å². The van der Waals surface area contributed by atoms with Crippen LogP contribution in [0.5, 0.6) is 0 Å². The van der Waals surface area contributed by atoms with Crippen molar-refractivity contribution in [1.29, 1.82) is 0 Å². The number of nitrogens with zero attached hydrogens (tertiary/aromatic N) is 1. The first-order chi connectivity index (χ1) is 10.9. The van der Waals surface area contributed by atoms with E-state index in [0.29, 0.717) is 5.56 Å². The van der Waals surface area contributed by atoms with Gasteiger partial charge in [0.25, 0.3) is 5.91 Å². The molecular weight excluding hydrogens is 314 g/mol. The SMILES string of the molecule is CCN(CC)CC1(NS(=O)(=O)c2ccc(C(=O)NC)cc2)CC1. The van der Waals surface area contributed by atoms with E-state index in [1.165, 1.54) is 24.3 Å². The summed E-state index contributed by atoms with van der Waals surface area (Å²) in [4.78, 5) is 13.9. The summed E-state index contributed by atoms with van der Waals surface area (Å²) < 4.78 is 28.0. The van der Waals surface area contributed by atoms with Gasteiger partial charge in [-0.1, -0.05) is 13.8 Å². The Morgan fingerprint density at radius 3 is 2.17 bits per heavy atom. The maximum Gasteiger partial charge on any atom is 0.251 e. The third-order valence-electron chi connectivity index (χ3n) is 4.28. The van der Waals surface area contributed by atoms with Crippen molar-refractivity contribution in [3.8, 4) is 0 Å². The van der Waals surface area contributed by atoms with E-state index in [-0.39, 0.29) is 16.3 Å². The molecule has 0 bridgehead atoms. The van der Waals surface area contributed by atoms with Crippen LogP contribution in [0.4, 0.5) is 0 Å². The number of likely N-dealkylation sites (N-methyl/N-ethyl adjacent to an activating group) is 1. The van der Waals surface area contributed by atoms with Gasteiger partial charge in [-0.05, 0) is 50.2 Å². The highest BCUT2D eigenvalue weighted by molar-refractivity contribution is 7.89. The zero-order valence-electron chi connectivity index (χ0n) is 13.9. The fourth-order valence-electron chi connectivity index (χ4n) is 2.59. The Bertz CT molecular complexity index is 648.